The van der Waals surface area contributed by atoms with Gasteiger partial charge in [-0.1, -0.05) is 11.6 Å². The summed E-state index contributed by atoms with van der Waals surface area (Å²) in [6.07, 6.45) is 4.12. The number of halogens is 1. The van der Waals surface area contributed by atoms with E-state index >= 15 is 0 Å². The molecule has 0 radical (unpaired) electrons. The summed E-state index contributed by atoms with van der Waals surface area (Å²) in [5.74, 6) is 0.00404. The van der Waals surface area contributed by atoms with E-state index in [0.29, 0.717) is 5.15 Å². The number of hydrogen-bond acceptors (Lipinski definition) is 4. The van der Waals surface area contributed by atoms with Crippen LogP contribution in [0.15, 0.2) is 18.5 Å². The fourth-order valence-corrected chi connectivity index (χ4v) is 2.28. The van der Waals surface area contributed by atoms with Gasteiger partial charge in [-0.15, -0.1) is 0 Å². The zero-order valence-corrected chi connectivity index (χ0v) is 9.04. The number of aromatic nitrogens is 3. The highest BCUT2D eigenvalue weighted by molar-refractivity contribution is 6.44. The topological polar surface area (TPSA) is 70.7 Å². The molecule has 5 nitrogen and oxygen atoms in total. The SMILES string of the molecule is OB(O)[C@H]1C[C@@H]1c1cc(Cl)nn2ccnc12. The molecule has 0 amide bonds. The summed E-state index contributed by atoms with van der Waals surface area (Å²) < 4.78 is 1.61. The monoisotopic (exact) mass is 237 g/mol. The molecule has 82 valence electrons. The van der Waals surface area contributed by atoms with Crippen LogP contribution in [-0.2, 0) is 0 Å². The Hall–Kier alpha value is -1.11. The predicted molar refractivity (Wildman–Crippen MR) is 59.3 cm³/mol. The van der Waals surface area contributed by atoms with Crippen LogP contribution in [0.1, 0.15) is 17.9 Å². The quantitative estimate of drug-likeness (QED) is 0.755. The molecule has 2 N–H and O–H groups in total. The van der Waals surface area contributed by atoms with Gasteiger partial charge in [-0.25, -0.2) is 9.50 Å². The smallest absolute Gasteiger partial charge is 0.427 e. The van der Waals surface area contributed by atoms with E-state index in [4.69, 9.17) is 21.6 Å². The molecule has 0 saturated heterocycles. The standard InChI is InChI=1S/C9H9BClN3O2/c11-8-4-6(5-3-7(5)10(15)16)9-12-1-2-14(9)13-8/h1-2,4-5,7,15-16H,3H2/t5-,7+/m1/s1. The Balaban J connectivity index is 2.07. The van der Waals surface area contributed by atoms with Crippen molar-refractivity contribution in [1.29, 1.82) is 0 Å². The Morgan fingerprint density at radius 1 is 1.50 bits per heavy atom. The predicted octanol–water partition coefficient (Wildman–Crippen LogP) is 0.713. The zero-order valence-electron chi connectivity index (χ0n) is 8.29. The first-order chi connectivity index (χ1) is 7.66. The average Bonchev–Trinajstić information content (AvgIpc) is 2.89. The summed E-state index contributed by atoms with van der Waals surface area (Å²) in [5.41, 5.74) is 1.67. The Bertz CT molecular complexity index is 545. The van der Waals surface area contributed by atoms with Crippen LogP contribution in [0.5, 0.6) is 0 Å². The number of nitrogens with zero attached hydrogens (tertiary/aromatic N) is 3. The molecule has 2 aromatic rings. The van der Waals surface area contributed by atoms with Gasteiger partial charge in [0, 0.05) is 23.8 Å². The Labute approximate surface area is 96.8 Å². The van der Waals surface area contributed by atoms with E-state index < -0.39 is 7.12 Å². The minimum Gasteiger partial charge on any atom is -0.427 e. The highest BCUT2D eigenvalue weighted by Gasteiger charge is 2.47. The van der Waals surface area contributed by atoms with Crippen molar-refractivity contribution in [2.24, 2.45) is 0 Å². The molecule has 2 heterocycles. The van der Waals surface area contributed by atoms with E-state index in [2.05, 4.69) is 10.1 Å². The summed E-state index contributed by atoms with van der Waals surface area (Å²) >= 11 is 5.90. The van der Waals surface area contributed by atoms with Crippen molar-refractivity contribution in [3.63, 3.8) is 0 Å². The minimum absolute atomic E-state index is 0.112. The third kappa shape index (κ3) is 1.50. The largest absolute Gasteiger partial charge is 0.455 e. The van der Waals surface area contributed by atoms with Crippen LogP contribution >= 0.6 is 11.6 Å². The lowest BCUT2D eigenvalue weighted by Gasteiger charge is -2.03. The molecule has 1 fully saturated rings. The summed E-state index contributed by atoms with van der Waals surface area (Å²) in [5, 5.41) is 22.6. The highest BCUT2D eigenvalue weighted by atomic mass is 35.5. The minimum atomic E-state index is -1.27. The zero-order chi connectivity index (χ0) is 11.3. The fourth-order valence-electron chi connectivity index (χ4n) is 2.08. The molecular weight excluding hydrogens is 228 g/mol. The molecule has 0 bridgehead atoms. The maximum absolute atomic E-state index is 9.10. The summed E-state index contributed by atoms with van der Waals surface area (Å²) in [6, 6.07) is 1.75. The molecule has 0 aliphatic heterocycles. The molecule has 3 rings (SSSR count). The summed E-state index contributed by atoms with van der Waals surface area (Å²) in [4.78, 5) is 4.19. The number of fused-ring (bicyclic) bond motifs is 1. The van der Waals surface area contributed by atoms with E-state index in [-0.39, 0.29) is 11.7 Å². The second-order valence-corrected chi connectivity index (χ2v) is 4.42. The van der Waals surface area contributed by atoms with Crippen LogP contribution in [0.2, 0.25) is 11.0 Å². The lowest BCUT2D eigenvalue weighted by molar-refractivity contribution is 0.402. The van der Waals surface area contributed by atoms with Crippen molar-refractivity contribution in [2.45, 2.75) is 18.2 Å². The summed E-state index contributed by atoms with van der Waals surface area (Å²) in [6.45, 7) is 0. The fraction of sp³-hybridized carbons (Fsp3) is 0.333. The highest BCUT2D eigenvalue weighted by Crippen LogP contribution is 2.54. The van der Waals surface area contributed by atoms with Gasteiger partial charge in [0.05, 0.1) is 0 Å². The third-order valence-corrected chi connectivity index (χ3v) is 3.16. The lowest BCUT2D eigenvalue weighted by Crippen LogP contribution is -2.11. The molecule has 0 unspecified atom stereocenters. The first kappa shape index (κ1) is 10.1. The van der Waals surface area contributed by atoms with E-state index in [1.165, 1.54) is 0 Å². The van der Waals surface area contributed by atoms with Gasteiger partial charge in [0.15, 0.2) is 5.65 Å². The van der Waals surface area contributed by atoms with Crippen LogP contribution in [0.3, 0.4) is 0 Å². The molecule has 1 saturated carbocycles. The van der Waals surface area contributed by atoms with Crippen molar-refractivity contribution in [2.75, 3.05) is 0 Å². The van der Waals surface area contributed by atoms with Gasteiger partial charge >= 0.3 is 7.12 Å². The summed E-state index contributed by atoms with van der Waals surface area (Å²) in [7, 11) is -1.27. The van der Waals surface area contributed by atoms with Gasteiger partial charge in [0.1, 0.15) is 5.15 Å². The Kier molecular flexibility index (Phi) is 2.17. The van der Waals surface area contributed by atoms with Crippen LogP contribution < -0.4 is 0 Å². The molecule has 1 aliphatic carbocycles. The maximum atomic E-state index is 9.10. The van der Waals surface area contributed by atoms with Gasteiger partial charge in [-0.3, -0.25) is 0 Å². The number of imidazole rings is 1. The molecule has 2 aromatic heterocycles. The van der Waals surface area contributed by atoms with Gasteiger partial charge < -0.3 is 10.0 Å². The maximum Gasteiger partial charge on any atom is 0.455 e. The molecule has 0 spiro atoms. The van der Waals surface area contributed by atoms with Crippen LogP contribution in [0.4, 0.5) is 0 Å². The van der Waals surface area contributed by atoms with Gasteiger partial charge in [-0.2, -0.15) is 5.10 Å². The van der Waals surface area contributed by atoms with Crippen molar-refractivity contribution in [3.8, 4) is 0 Å². The van der Waals surface area contributed by atoms with E-state index in [1.54, 1.807) is 23.0 Å². The van der Waals surface area contributed by atoms with Gasteiger partial charge in [-0.05, 0) is 18.4 Å². The van der Waals surface area contributed by atoms with Crippen molar-refractivity contribution in [3.05, 3.63) is 29.2 Å². The molecule has 2 atom stereocenters. The Morgan fingerprint density at radius 3 is 3.00 bits per heavy atom. The van der Waals surface area contributed by atoms with Gasteiger partial charge in [0.25, 0.3) is 0 Å². The first-order valence-electron chi connectivity index (χ1n) is 5.03. The second kappa shape index (κ2) is 3.45. The van der Waals surface area contributed by atoms with Crippen LogP contribution in [0, 0.1) is 0 Å². The first-order valence-corrected chi connectivity index (χ1v) is 5.40. The third-order valence-electron chi connectivity index (χ3n) is 2.98. The van der Waals surface area contributed by atoms with E-state index in [9.17, 15) is 0 Å². The molecule has 7 heteroatoms. The normalized spacial score (nSPS) is 23.7. The molecular formula is C9H9BClN3O2. The van der Waals surface area contributed by atoms with Crippen molar-refractivity contribution >= 4 is 24.4 Å². The second-order valence-electron chi connectivity index (χ2n) is 4.04. The molecule has 0 aromatic carbocycles. The lowest BCUT2D eigenvalue weighted by atomic mass is 9.81. The van der Waals surface area contributed by atoms with Crippen molar-refractivity contribution in [1.82, 2.24) is 14.6 Å². The number of rotatable bonds is 2. The van der Waals surface area contributed by atoms with Crippen molar-refractivity contribution < 1.29 is 10.0 Å². The molecule has 16 heavy (non-hydrogen) atoms. The van der Waals surface area contributed by atoms with Crippen LogP contribution in [-0.4, -0.2) is 31.8 Å². The number of hydrogen-bond donors (Lipinski definition) is 2. The average molecular weight is 237 g/mol. The van der Waals surface area contributed by atoms with E-state index in [1.807, 2.05) is 0 Å². The van der Waals surface area contributed by atoms with E-state index in [0.717, 1.165) is 17.6 Å². The molecule has 1 aliphatic rings. The van der Waals surface area contributed by atoms with Crippen LogP contribution in [0.25, 0.3) is 5.65 Å². The Morgan fingerprint density at radius 2 is 2.31 bits per heavy atom. The van der Waals surface area contributed by atoms with Gasteiger partial charge in [0.2, 0.25) is 0 Å².